The van der Waals surface area contributed by atoms with E-state index in [9.17, 15) is 28.8 Å². The van der Waals surface area contributed by atoms with Gasteiger partial charge in [-0.2, -0.15) is 0 Å². The zero-order chi connectivity index (χ0) is 25.8. The van der Waals surface area contributed by atoms with Crippen LogP contribution >= 0.6 is 7.82 Å². The van der Waals surface area contributed by atoms with E-state index in [1.165, 1.54) is 0 Å². The number of hydrogen-bond acceptors (Lipinski definition) is 9. The fourth-order valence-electron chi connectivity index (χ4n) is 1.43. The normalized spacial score (nSPS) is 10.0. The molecule has 0 saturated heterocycles. The van der Waals surface area contributed by atoms with Crippen LogP contribution in [0.25, 0.3) is 0 Å². The second-order valence-electron chi connectivity index (χ2n) is 5.47. The zero-order valence-corrected chi connectivity index (χ0v) is 24.7. The summed E-state index contributed by atoms with van der Waals surface area (Å²) in [7, 11) is -4.64. The van der Waals surface area contributed by atoms with Crippen molar-refractivity contribution in [1.82, 2.24) is 0 Å². The van der Waals surface area contributed by atoms with Crippen LogP contribution < -0.4 is 0 Å². The Labute approximate surface area is 287 Å². The molecule has 0 aromatic carbocycles. The van der Waals surface area contributed by atoms with Gasteiger partial charge in [-0.1, -0.05) is 0 Å². The summed E-state index contributed by atoms with van der Waals surface area (Å²) in [4.78, 5) is 82.5. The van der Waals surface area contributed by atoms with E-state index in [2.05, 4.69) is 0 Å². The standard InChI is InChI=1S/2C6H8O7.3Ca.H3O4P.6H/c2*7-3(8)1-6(13,5(11)12)2-4(9)10;;;;1-5(2,3)4;;;;;;/h2*13H,1-2H2,(H,7,8)(H,9,10)(H,11,12);;;;(H3,1,2,3,4);;;;;;/q;;3*+2;;6*-1. The summed E-state index contributed by atoms with van der Waals surface area (Å²) >= 11 is 0. The molecule has 0 aliphatic rings. The predicted octanol–water partition coefficient (Wildman–Crippen LogP) is -3.89. The van der Waals surface area contributed by atoms with Crippen molar-refractivity contribution in [2.45, 2.75) is 36.9 Å². The van der Waals surface area contributed by atoms with Crippen molar-refractivity contribution in [2.75, 3.05) is 0 Å². The molecule has 0 aromatic heterocycles. The van der Waals surface area contributed by atoms with Crippen molar-refractivity contribution in [2.24, 2.45) is 0 Å². The third kappa shape index (κ3) is 30.7. The molecule has 0 bridgehead atoms. The van der Waals surface area contributed by atoms with E-state index < -0.39 is 80.5 Å². The summed E-state index contributed by atoms with van der Waals surface area (Å²) < 4.78 is 8.88. The predicted molar refractivity (Wildman–Crippen MR) is 112 cm³/mol. The molecule has 0 unspecified atom stereocenters. The number of hydrogen-bond donors (Lipinski definition) is 11. The van der Waals surface area contributed by atoms with E-state index >= 15 is 0 Å². The first-order valence-electron chi connectivity index (χ1n) is 7.12. The SMILES string of the molecule is O=C(O)CC(O)(CC(=O)O)C(=O)O.O=C(O)CC(O)(CC(=O)O)C(=O)O.O=P(O)(O)O.[Ca+2].[Ca+2].[Ca+2].[H-].[H-].[H-].[H-].[H-].[H-]. The average Bonchev–Trinajstić information content (AvgIpc) is 2.41. The molecule has 34 heavy (non-hydrogen) atoms. The summed E-state index contributed by atoms with van der Waals surface area (Å²) in [6.45, 7) is 0. The van der Waals surface area contributed by atoms with Gasteiger partial charge in [0.25, 0.3) is 0 Å². The van der Waals surface area contributed by atoms with E-state index in [-0.39, 0.29) is 122 Å². The van der Waals surface area contributed by atoms with E-state index in [4.69, 9.17) is 60.1 Å². The molecule has 0 aliphatic heterocycles. The minimum atomic E-state index is -4.64. The van der Waals surface area contributed by atoms with Crippen molar-refractivity contribution in [3.63, 3.8) is 0 Å². The molecule has 0 spiro atoms. The summed E-state index contributed by atoms with van der Waals surface area (Å²) in [5.74, 6) is -10.0. The first kappa shape index (κ1) is 47.8. The Hall–Kier alpha value is 0.629. The van der Waals surface area contributed by atoms with Gasteiger partial charge in [-0.15, -0.1) is 0 Å². The molecule has 192 valence electrons. The van der Waals surface area contributed by atoms with Gasteiger partial charge in [-0.05, 0) is 0 Å². The second kappa shape index (κ2) is 21.7. The topological polar surface area (TPSA) is 342 Å². The Morgan fingerprint density at radius 2 is 0.647 bits per heavy atom. The Kier molecular flexibility index (Phi) is 30.5. The molecule has 0 heterocycles. The molecule has 0 atom stereocenters. The van der Waals surface area contributed by atoms with Crippen LogP contribution in [0.4, 0.5) is 0 Å². The maximum absolute atomic E-state index is 10.3. The minimum Gasteiger partial charge on any atom is -1.00 e. The maximum atomic E-state index is 10.3. The van der Waals surface area contributed by atoms with Crippen LogP contribution in [0.3, 0.4) is 0 Å². The molecule has 22 heteroatoms. The molecule has 0 aliphatic carbocycles. The molecule has 0 radical (unpaired) electrons. The molecular formula is C12H25Ca3O18P. The van der Waals surface area contributed by atoms with Gasteiger partial charge in [0.05, 0.1) is 25.7 Å². The van der Waals surface area contributed by atoms with Gasteiger partial charge >= 0.3 is 157 Å². The Morgan fingerprint density at radius 3 is 0.706 bits per heavy atom. The van der Waals surface area contributed by atoms with Crippen molar-refractivity contribution in [1.29, 1.82) is 0 Å². The molecule has 18 nitrogen and oxygen atoms in total. The number of aliphatic hydroxyl groups is 2. The first-order chi connectivity index (χ1) is 13.6. The molecular weight excluding hydrogens is 583 g/mol. The van der Waals surface area contributed by atoms with Gasteiger partial charge in [0.2, 0.25) is 0 Å². The van der Waals surface area contributed by atoms with Crippen LogP contribution in [0.5, 0.6) is 0 Å². The zero-order valence-electron chi connectivity index (χ0n) is 23.2. The van der Waals surface area contributed by atoms with Crippen LogP contribution in [0, 0.1) is 0 Å². The van der Waals surface area contributed by atoms with Gasteiger partial charge < -0.3 is 64.1 Å². The number of carboxylic acids is 6. The molecule has 11 N–H and O–H groups in total. The van der Waals surface area contributed by atoms with Crippen molar-refractivity contribution >= 4 is 157 Å². The number of aliphatic carboxylic acids is 6. The van der Waals surface area contributed by atoms with Crippen LogP contribution in [0.15, 0.2) is 0 Å². The smallest absolute Gasteiger partial charge is 1.00 e. The van der Waals surface area contributed by atoms with Crippen LogP contribution in [0.1, 0.15) is 34.2 Å². The monoisotopic (exact) mass is 608 g/mol. The largest absolute Gasteiger partial charge is 2.00 e. The third-order valence-electron chi connectivity index (χ3n) is 2.57. The summed E-state index contributed by atoms with van der Waals surface area (Å²) in [5, 5.41) is 67.6. The van der Waals surface area contributed by atoms with Gasteiger partial charge in [-0.3, -0.25) is 19.2 Å². The Bertz CT molecular complexity index is 681. The number of carbonyl (C=O) groups is 6. The molecule has 0 saturated carbocycles. The minimum absolute atomic E-state index is 0. The van der Waals surface area contributed by atoms with Gasteiger partial charge in [0.15, 0.2) is 11.2 Å². The van der Waals surface area contributed by atoms with E-state index in [0.717, 1.165) is 0 Å². The van der Waals surface area contributed by atoms with Crippen molar-refractivity contribution < 1.29 is 97.4 Å². The number of phosphoric acid groups is 1. The molecule has 0 fully saturated rings. The summed E-state index contributed by atoms with van der Waals surface area (Å²) in [6, 6.07) is 0. The van der Waals surface area contributed by atoms with E-state index in [0.29, 0.717) is 0 Å². The molecule has 0 rings (SSSR count). The molecule has 0 amide bonds. The summed E-state index contributed by atoms with van der Waals surface area (Å²) in [5.41, 5.74) is -5.48. The van der Waals surface area contributed by atoms with Gasteiger partial charge in [0.1, 0.15) is 0 Å². The van der Waals surface area contributed by atoms with Crippen molar-refractivity contribution in [3.05, 3.63) is 0 Å². The third-order valence-corrected chi connectivity index (χ3v) is 2.57. The van der Waals surface area contributed by atoms with E-state index in [1.54, 1.807) is 0 Å². The van der Waals surface area contributed by atoms with Gasteiger partial charge in [-0.25, -0.2) is 14.2 Å². The summed E-state index contributed by atoms with van der Waals surface area (Å²) in [6.07, 6.45) is -4.58. The van der Waals surface area contributed by atoms with Crippen LogP contribution in [-0.2, 0) is 33.3 Å². The van der Waals surface area contributed by atoms with Crippen molar-refractivity contribution in [3.8, 4) is 0 Å². The number of carboxylic acid groups (broad SMARTS) is 6. The Balaban J connectivity index is -0.0000000281. The number of rotatable bonds is 10. The second-order valence-corrected chi connectivity index (χ2v) is 6.50. The molecule has 0 aromatic rings. The maximum Gasteiger partial charge on any atom is 2.00 e. The quantitative estimate of drug-likeness (QED) is 0.0833. The van der Waals surface area contributed by atoms with Crippen LogP contribution in [0.2, 0.25) is 0 Å². The first-order valence-corrected chi connectivity index (χ1v) is 8.69. The Morgan fingerprint density at radius 1 is 0.529 bits per heavy atom. The fraction of sp³-hybridized carbons (Fsp3) is 0.500. The van der Waals surface area contributed by atoms with Gasteiger partial charge in [0, 0.05) is 0 Å². The van der Waals surface area contributed by atoms with E-state index in [1.807, 2.05) is 0 Å². The average molecular weight is 609 g/mol. The fourth-order valence-corrected chi connectivity index (χ4v) is 1.43. The van der Waals surface area contributed by atoms with Crippen LogP contribution in [-0.4, -0.2) is 216 Å².